The Hall–Kier alpha value is -1.41. The van der Waals surface area contributed by atoms with Crippen molar-refractivity contribution in [2.24, 2.45) is 0 Å². The smallest absolute Gasteiger partial charge is 0.337 e. The van der Waals surface area contributed by atoms with E-state index in [1.165, 1.54) is 12.1 Å². The van der Waals surface area contributed by atoms with Crippen molar-refractivity contribution in [2.45, 2.75) is 26.1 Å². The summed E-state index contributed by atoms with van der Waals surface area (Å²) in [6.45, 7) is 4.39. The molecule has 0 amide bonds. The number of nitrogens with zero attached hydrogens (tertiary/aromatic N) is 2. The van der Waals surface area contributed by atoms with Gasteiger partial charge in [0.1, 0.15) is 0 Å². The van der Waals surface area contributed by atoms with Gasteiger partial charge in [0, 0.05) is 10.0 Å². The number of hydrogen-bond donors (Lipinski definition) is 1. The zero-order valence-electron chi connectivity index (χ0n) is 11.3. The minimum Gasteiger partial charge on any atom is -0.337 e. The predicted molar refractivity (Wildman–Crippen MR) is 74.5 cm³/mol. The summed E-state index contributed by atoms with van der Waals surface area (Å²) in [4.78, 5) is 4.05. The Bertz CT molecular complexity index is 627. The lowest BCUT2D eigenvalue weighted by molar-refractivity contribution is -0.137. The maximum Gasteiger partial charge on any atom is 0.417 e. The van der Waals surface area contributed by atoms with Gasteiger partial charge in [-0.25, -0.2) is 0 Å². The number of halogens is 4. The maximum atomic E-state index is 13.1. The molecule has 21 heavy (non-hydrogen) atoms. The van der Waals surface area contributed by atoms with Gasteiger partial charge in [0.25, 0.3) is 0 Å². The first-order chi connectivity index (χ1) is 9.82. The Morgan fingerprint density at radius 1 is 1.38 bits per heavy atom. The van der Waals surface area contributed by atoms with Gasteiger partial charge in [0.2, 0.25) is 11.7 Å². The average molecular weight is 364 g/mol. The lowest BCUT2D eigenvalue weighted by Crippen LogP contribution is -2.17. The minimum atomic E-state index is -4.49. The van der Waals surface area contributed by atoms with Crippen LogP contribution in [0.5, 0.6) is 0 Å². The molecule has 0 aliphatic heterocycles. The highest BCUT2D eigenvalue weighted by Gasteiger charge is 2.35. The van der Waals surface area contributed by atoms with Crippen molar-refractivity contribution in [3.05, 3.63) is 34.1 Å². The fraction of sp³-hybridized carbons (Fsp3) is 0.385. The fourth-order valence-corrected chi connectivity index (χ4v) is 2.22. The van der Waals surface area contributed by atoms with Gasteiger partial charge in [-0.05, 0) is 31.7 Å². The summed E-state index contributed by atoms with van der Waals surface area (Å²) < 4.78 is 44.6. The Morgan fingerprint density at radius 3 is 2.71 bits per heavy atom. The monoisotopic (exact) mass is 363 g/mol. The molecule has 0 aliphatic rings. The van der Waals surface area contributed by atoms with E-state index in [0.29, 0.717) is 11.0 Å². The molecular weight excluding hydrogens is 351 g/mol. The standard InChI is InChI=1S/C13H13BrF3N3O/c1-3-18-7(2)12-19-11(20-21-12)9-5-4-8(14)6-10(9)13(15,16)17/h4-7,18H,3H2,1-2H3. The summed E-state index contributed by atoms with van der Waals surface area (Å²) >= 11 is 3.04. The highest BCUT2D eigenvalue weighted by Crippen LogP contribution is 2.37. The van der Waals surface area contributed by atoms with Crippen LogP contribution in [0.15, 0.2) is 27.2 Å². The molecule has 2 rings (SSSR count). The molecule has 0 saturated heterocycles. The first kappa shape index (κ1) is 16.0. The van der Waals surface area contributed by atoms with E-state index in [1.54, 1.807) is 6.92 Å². The van der Waals surface area contributed by atoms with E-state index < -0.39 is 11.7 Å². The van der Waals surface area contributed by atoms with Gasteiger partial charge in [-0.15, -0.1) is 0 Å². The molecule has 114 valence electrons. The largest absolute Gasteiger partial charge is 0.417 e. The number of aromatic nitrogens is 2. The molecule has 1 heterocycles. The van der Waals surface area contributed by atoms with Gasteiger partial charge < -0.3 is 9.84 Å². The van der Waals surface area contributed by atoms with Gasteiger partial charge in [-0.1, -0.05) is 28.0 Å². The maximum absolute atomic E-state index is 13.1. The fourth-order valence-electron chi connectivity index (χ4n) is 1.86. The second kappa shape index (κ2) is 6.15. The first-order valence-corrected chi connectivity index (χ1v) is 7.06. The molecule has 0 aliphatic carbocycles. The molecule has 1 unspecified atom stereocenters. The summed E-state index contributed by atoms with van der Waals surface area (Å²) in [5.74, 6) is 0.178. The molecule has 2 aromatic rings. The molecule has 4 nitrogen and oxygen atoms in total. The lowest BCUT2D eigenvalue weighted by Gasteiger charge is -2.10. The molecule has 1 aromatic heterocycles. The van der Waals surface area contributed by atoms with Crippen LogP contribution in [0.3, 0.4) is 0 Å². The third-order valence-corrected chi connectivity index (χ3v) is 3.34. The van der Waals surface area contributed by atoms with Crippen molar-refractivity contribution in [2.75, 3.05) is 6.54 Å². The highest BCUT2D eigenvalue weighted by atomic mass is 79.9. The Balaban J connectivity index is 2.43. The van der Waals surface area contributed by atoms with Crippen LogP contribution < -0.4 is 5.32 Å². The minimum absolute atomic E-state index is 0.0745. The van der Waals surface area contributed by atoms with Crippen molar-refractivity contribution in [1.29, 1.82) is 0 Å². The van der Waals surface area contributed by atoms with Crippen molar-refractivity contribution in [1.82, 2.24) is 15.5 Å². The van der Waals surface area contributed by atoms with Crippen LogP contribution in [0, 0.1) is 0 Å². The van der Waals surface area contributed by atoms with Crippen LogP contribution in [0.4, 0.5) is 13.2 Å². The van der Waals surface area contributed by atoms with Crippen molar-refractivity contribution in [3.63, 3.8) is 0 Å². The average Bonchev–Trinajstić information content (AvgIpc) is 2.87. The summed E-state index contributed by atoms with van der Waals surface area (Å²) in [6, 6.07) is 3.60. The second-order valence-electron chi connectivity index (χ2n) is 4.42. The lowest BCUT2D eigenvalue weighted by atomic mass is 10.1. The topological polar surface area (TPSA) is 51.0 Å². The zero-order chi connectivity index (χ0) is 15.6. The van der Waals surface area contributed by atoms with E-state index in [-0.39, 0.29) is 23.3 Å². The van der Waals surface area contributed by atoms with Crippen LogP contribution in [0.25, 0.3) is 11.4 Å². The summed E-state index contributed by atoms with van der Waals surface area (Å²) in [7, 11) is 0. The van der Waals surface area contributed by atoms with Gasteiger partial charge in [0.15, 0.2) is 0 Å². The van der Waals surface area contributed by atoms with Crippen molar-refractivity contribution in [3.8, 4) is 11.4 Å². The van der Waals surface area contributed by atoms with Crippen LogP contribution in [0.1, 0.15) is 31.3 Å². The van der Waals surface area contributed by atoms with E-state index in [4.69, 9.17) is 4.52 Å². The normalized spacial score (nSPS) is 13.4. The zero-order valence-corrected chi connectivity index (χ0v) is 12.9. The molecule has 1 N–H and O–H groups in total. The van der Waals surface area contributed by atoms with Gasteiger partial charge in [-0.3, -0.25) is 0 Å². The molecule has 0 spiro atoms. The van der Waals surface area contributed by atoms with E-state index in [2.05, 4.69) is 31.4 Å². The molecule has 0 fully saturated rings. The van der Waals surface area contributed by atoms with Gasteiger partial charge in [0.05, 0.1) is 11.6 Å². The molecular formula is C13H13BrF3N3O. The van der Waals surface area contributed by atoms with Crippen LogP contribution in [0.2, 0.25) is 0 Å². The Morgan fingerprint density at radius 2 is 2.10 bits per heavy atom. The van der Waals surface area contributed by atoms with Crippen molar-refractivity contribution >= 4 is 15.9 Å². The second-order valence-corrected chi connectivity index (χ2v) is 5.34. The van der Waals surface area contributed by atoms with Crippen molar-refractivity contribution < 1.29 is 17.7 Å². The number of hydrogen-bond acceptors (Lipinski definition) is 4. The van der Waals surface area contributed by atoms with Gasteiger partial charge >= 0.3 is 6.18 Å². The van der Waals surface area contributed by atoms with Gasteiger partial charge in [-0.2, -0.15) is 18.2 Å². The van der Waals surface area contributed by atoms with E-state index in [0.717, 1.165) is 6.07 Å². The summed E-state index contributed by atoms with van der Waals surface area (Å²) in [5, 5.41) is 6.71. The Kier molecular flexibility index (Phi) is 4.67. The Labute approximate surface area is 127 Å². The summed E-state index contributed by atoms with van der Waals surface area (Å²) in [5.41, 5.74) is -0.912. The van der Waals surface area contributed by atoms with E-state index in [9.17, 15) is 13.2 Å². The number of rotatable bonds is 4. The molecule has 0 radical (unpaired) electrons. The highest BCUT2D eigenvalue weighted by molar-refractivity contribution is 9.10. The molecule has 1 aromatic carbocycles. The number of benzene rings is 1. The SMILES string of the molecule is CCNC(C)c1nc(-c2ccc(Br)cc2C(F)(F)F)no1. The number of alkyl halides is 3. The third kappa shape index (κ3) is 3.62. The molecule has 1 atom stereocenters. The molecule has 0 bridgehead atoms. The van der Waals surface area contributed by atoms with Crippen LogP contribution >= 0.6 is 15.9 Å². The summed E-state index contributed by atoms with van der Waals surface area (Å²) in [6.07, 6.45) is -4.49. The van der Waals surface area contributed by atoms with E-state index >= 15 is 0 Å². The number of nitrogens with one attached hydrogen (secondary N) is 1. The van der Waals surface area contributed by atoms with Crippen LogP contribution in [-0.2, 0) is 6.18 Å². The third-order valence-electron chi connectivity index (χ3n) is 2.85. The van der Waals surface area contributed by atoms with Crippen LogP contribution in [-0.4, -0.2) is 16.7 Å². The molecule has 0 saturated carbocycles. The first-order valence-electron chi connectivity index (χ1n) is 6.27. The quantitative estimate of drug-likeness (QED) is 0.884. The molecule has 8 heteroatoms. The predicted octanol–water partition coefficient (Wildman–Crippen LogP) is 4.19. The van der Waals surface area contributed by atoms with E-state index in [1.807, 2.05) is 6.92 Å².